The highest BCUT2D eigenvalue weighted by Gasteiger charge is 2.35. The fourth-order valence-electron chi connectivity index (χ4n) is 1.96. The molecule has 0 spiro atoms. The summed E-state index contributed by atoms with van der Waals surface area (Å²) >= 11 is 0. The Morgan fingerprint density at radius 1 is 1.59 bits per heavy atom. The zero-order valence-corrected chi connectivity index (χ0v) is 11.0. The minimum absolute atomic E-state index is 0.109. The molecule has 0 aromatic carbocycles. The molecule has 2 atom stereocenters. The SMILES string of the molecule is COC1(CNC(=O)[C@@H](N)CC(C)C)CCOC1. The Bertz CT molecular complexity index is 250. The number of amides is 1. The van der Waals surface area contributed by atoms with Crippen LogP contribution in [0.4, 0.5) is 0 Å². The molecular weight excluding hydrogens is 220 g/mol. The van der Waals surface area contributed by atoms with Crippen molar-refractivity contribution >= 4 is 5.91 Å². The molecule has 1 aliphatic rings. The number of methoxy groups -OCH3 is 1. The van der Waals surface area contributed by atoms with Gasteiger partial charge in [0.2, 0.25) is 5.91 Å². The van der Waals surface area contributed by atoms with Crippen molar-refractivity contribution < 1.29 is 14.3 Å². The Hall–Kier alpha value is -0.650. The van der Waals surface area contributed by atoms with Crippen LogP contribution in [-0.2, 0) is 14.3 Å². The Morgan fingerprint density at radius 3 is 2.76 bits per heavy atom. The normalized spacial score (nSPS) is 26.2. The zero-order valence-electron chi connectivity index (χ0n) is 11.0. The molecule has 3 N–H and O–H groups in total. The molecule has 1 unspecified atom stereocenters. The van der Waals surface area contributed by atoms with Gasteiger partial charge in [-0.15, -0.1) is 0 Å². The average Bonchev–Trinajstić information content (AvgIpc) is 2.74. The first kappa shape index (κ1) is 14.4. The van der Waals surface area contributed by atoms with Crippen molar-refractivity contribution in [3.63, 3.8) is 0 Å². The van der Waals surface area contributed by atoms with Gasteiger partial charge >= 0.3 is 0 Å². The molecule has 0 aliphatic carbocycles. The fraction of sp³-hybridized carbons (Fsp3) is 0.917. The number of carbonyl (C=O) groups excluding carboxylic acids is 1. The highest BCUT2D eigenvalue weighted by molar-refractivity contribution is 5.81. The van der Waals surface area contributed by atoms with E-state index in [2.05, 4.69) is 19.2 Å². The van der Waals surface area contributed by atoms with Crippen molar-refractivity contribution in [1.29, 1.82) is 0 Å². The Balaban J connectivity index is 2.36. The van der Waals surface area contributed by atoms with Gasteiger partial charge in [-0.2, -0.15) is 0 Å². The van der Waals surface area contributed by atoms with Crippen LogP contribution in [0.1, 0.15) is 26.7 Å². The van der Waals surface area contributed by atoms with E-state index in [9.17, 15) is 4.79 Å². The second-order valence-corrected chi connectivity index (χ2v) is 5.14. The van der Waals surface area contributed by atoms with Gasteiger partial charge in [-0.05, 0) is 12.3 Å². The number of carbonyl (C=O) groups is 1. The first-order valence-corrected chi connectivity index (χ1v) is 6.15. The lowest BCUT2D eigenvalue weighted by atomic mass is 10.0. The smallest absolute Gasteiger partial charge is 0.237 e. The Labute approximate surface area is 103 Å². The van der Waals surface area contributed by atoms with Crippen LogP contribution in [0.15, 0.2) is 0 Å². The Morgan fingerprint density at radius 2 is 2.29 bits per heavy atom. The fourth-order valence-corrected chi connectivity index (χ4v) is 1.96. The summed E-state index contributed by atoms with van der Waals surface area (Å²) < 4.78 is 10.7. The molecule has 1 aliphatic heterocycles. The van der Waals surface area contributed by atoms with E-state index in [1.165, 1.54) is 0 Å². The van der Waals surface area contributed by atoms with Gasteiger partial charge in [0.25, 0.3) is 0 Å². The predicted molar refractivity (Wildman–Crippen MR) is 65.6 cm³/mol. The van der Waals surface area contributed by atoms with E-state index < -0.39 is 6.04 Å². The van der Waals surface area contributed by atoms with E-state index in [0.717, 1.165) is 6.42 Å². The van der Waals surface area contributed by atoms with Crippen molar-refractivity contribution in [2.75, 3.05) is 26.9 Å². The average molecular weight is 244 g/mol. The van der Waals surface area contributed by atoms with Gasteiger partial charge in [-0.25, -0.2) is 0 Å². The molecule has 1 fully saturated rings. The van der Waals surface area contributed by atoms with Gasteiger partial charge in [0.15, 0.2) is 0 Å². The summed E-state index contributed by atoms with van der Waals surface area (Å²) in [6, 6.07) is -0.439. The van der Waals surface area contributed by atoms with E-state index in [1.807, 2.05) is 0 Å². The summed E-state index contributed by atoms with van der Waals surface area (Å²) in [5.41, 5.74) is 5.44. The Kier molecular flexibility index (Phi) is 5.36. The number of ether oxygens (including phenoxy) is 2. The molecule has 5 nitrogen and oxygen atoms in total. The van der Waals surface area contributed by atoms with Gasteiger partial charge in [0.1, 0.15) is 5.60 Å². The lowest BCUT2D eigenvalue weighted by molar-refractivity contribution is -0.124. The summed E-state index contributed by atoms with van der Waals surface area (Å²) in [6.07, 6.45) is 1.51. The van der Waals surface area contributed by atoms with Crippen LogP contribution in [0.25, 0.3) is 0 Å². The maximum Gasteiger partial charge on any atom is 0.237 e. The van der Waals surface area contributed by atoms with Crippen molar-refractivity contribution in [3.05, 3.63) is 0 Å². The topological polar surface area (TPSA) is 73.6 Å². The molecule has 1 heterocycles. The molecule has 0 bridgehead atoms. The summed E-state index contributed by atoms with van der Waals surface area (Å²) in [5, 5.41) is 2.85. The minimum Gasteiger partial charge on any atom is -0.378 e. The van der Waals surface area contributed by atoms with Crippen LogP contribution in [0, 0.1) is 5.92 Å². The number of rotatable bonds is 6. The largest absolute Gasteiger partial charge is 0.378 e. The maximum atomic E-state index is 11.8. The molecule has 17 heavy (non-hydrogen) atoms. The van der Waals surface area contributed by atoms with Crippen molar-refractivity contribution in [3.8, 4) is 0 Å². The molecule has 1 amide bonds. The van der Waals surface area contributed by atoms with Crippen LogP contribution >= 0.6 is 0 Å². The molecule has 0 aromatic heterocycles. The van der Waals surface area contributed by atoms with E-state index >= 15 is 0 Å². The van der Waals surface area contributed by atoms with Crippen molar-refractivity contribution in [1.82, 2.24) is 5.32 Å². The highest BCUT2D eigenvalue weighted by Crippen LogP contribution is 2.21. The van der Waals surface area contributed by atoms with Gasteiger partial charge in [-0.3, -0.25) is 4.79 Å². The van der Waals surface area contributed by atoms with Crippen molar-refractivity contribution in [2.24, 2.45) is 11.7 Å². The third kappa shape index (κ3) is 4.26. The van der Waals surface area contributed by atoms with E-state index in [4.69, 9.17) is 15.2 Å². The molecule has 100 valence electrons. The van der Waals surface area contributed by atoms with Crippen LogP contribution in [-0.4, -0.2) is 44.4 Å². The quantitative estimate of drug-likeness (QED) is 0.704. The third-order valence-corrected chi connectivity index (χ3v) is 3.15. The van der Waals surface area contributed by atoms with Crippen LogP contribution in [0.5, 0.6) is 0 Å². The molecule has 5 heteroatoms. The monoisotopic (exact) mass is 244 g/mol. The van der Waals surface area contributed by atoms with Gasteiger partial charge in [0, 0.05) is 26.7 Å². The molecule has 0 radical (unpaired) electrons. The second-order valence-electron chi connectivity index (χ2n) is 5.14. The lowest BCUT2D eigenvalue weighted by Gasteiger charge is -2.26. The summed E-state index contributed by atoms with van der Waals surface area (Å²) in [4.78, 5) is 11.8. The van der Waals surface area contributed by atoms with Crippen LogP contribution in [0.2, 0.25) is 0 Å². The van der Waals surface area contributed by atoms with Gasteiger partial charge in [0.05, 0.1) is 12.6 Å². The van der Waals surface area contributed by atoms with Gasteiger partial charge in [-0.1, -0.05) is 13.8 Å². The van der Waals surface area contributed by atoms with Crippen LogP contribution in [0.3, 0.4) is 0 Å². The standard InChI is InChI=1S/C12H24N2O3/c1-9(2)6-10(13)11(15)14-7-12(16-3)4-5-17-8-12/h9-10H,4-8,13H2,1-3H3,(H,14,15)/t10-,12?/m0/s1. The van der Waals surface area contributed by atoms with E-state index in [0.29, 0.717) is 32.1 Å². The second kappa shape index (κ2) is 6.33. The lowest BCUT2D eigenvalue weighted by Crippen LogP contribution is -2.49. The summed E-state index contributed by atoms with van der Waals surface area (Å²) in [7, 11) is 1.65. The molecule has 0 aromatic rings. The summed E-state index contributed by atoms with van der Waals surface area (Å²) in [6.45, 7) is 5.78. The summed E-state index contributed by atoms with van der Waals surface area (Å²) in [5.74, 6) is 0.309. The number of nitrogens with two attached hydrogens (primary N) is 1. The molecule has 1 rings (SSSR count). The minimum atomic E-state index is -0.439. The maximum absolute atomic E-state index is 11.8. The number of hydrogen-bond donors (Lipinski definition) is 2. The van der Waals surface area contributed by atoms with E-state index in [-0.39, 0.29) is 11.5 Å². The van der Waals surface area contributed by atoms with Crippen molar-refractivity contribution in [2.45, 2.75) is 38.3 Å². The first-order valence-electron chi connectivity index (χ1n) is 6.15. The highest BCUT2D eigenvalue weighted by atomic mass is 16.5. The number of hydrogen-bond acceptors (Lipinski definition) is 4. The number of nitrogens with one attached hydrogen (secondary N) is 1. The van der Waals surface area contributed by atoms with Gasteiger partial charge < -0.3 is 20.5 Å². The zero-order chi connectivity index (χ0) is 12.9. The molecule has 1 saturated heterocycles. The molecular formula is C12H24N2O3. The first-order chi connectivity index (χ1) is 7.99. The predicted octanol–water partition coefficient (Wildman–Crippen LogP) is 0.282. The van der Waals surface area contributed by atoms with Crippen LogP contribution < -0.4 is 11.1 Å². The molecule has 0 saturated carbocycles. The third-order valence-electron chi connectivity index (χ3n) is 3.15. The van der Waals surface area contributed by atoms with E-state index in [1.54, 1.807) is 7.11 Å².